The number of methoxy groups -OCH3 is 1. The monoisotopic (exact) mass is 534 g/mol. The number of benzene rings is 1. The summed E-state index contributed by atoms with van der Waals surface area (Å²) in [6, 6.07) is 4.14. The number of anilines is 1. The Labute approximate surface area is 201 Å². The molecular formula is C20H18ClF3N4O6S. The van der Waals surface area contributed by atoms with Gasteiger partial charge in [-0.1, -0.05) is 17.7 Å². The van der Waals surface area contributed by atoms with Crippen LogP contribution in [0.15, 0.2) is 29.1 Å². The minimum absolute atomic E-state index is 0.00956. The molecule has 2 heterocycles. The van der Waals surface area contributed by atoms with Crippen LogP contribution < -0.4 is 15.1 Å². The predicted octanol–water partition coefficient (Wildman–Crippen LogP) is 3.48. The molecule has 0 aliphatic carbocycles. The van der Waals surface area contributed by atoms with Gasteiger partial charge in [-0.2, -0.15) is 26.6 Å². The van der Waals surface area contributed by atoms with Crippen LogP contribution in [0.25, 0.3) is 10.9 Å². The minimum Gasteiger partial charge on any atom is -0.464 e. The molecule has 0 spiro atoms. The summed E-state index contributed by atoms with van der Waals surface area (Å²) < 4.78 is 71.0. The second-order valence-corrected chi connectivity index (χ2v) is 9.30. The van der Waals surface area contributed by atoms with Crippen molar-refractivity contribution < 1.29 is 35.3 Å². The fourth-order valence-corrected chi connectivity index (χ4v) is 3.79. The fourth-order valence-electron chi connectivity index (χ4n) is 3.20. The summed E-state index contributed by atoms with van der Waals surface area (Å²) in [6.07, 6.45) is 0. The van der Waals surface area contributed by atoms with E-state index >= 15 is 0 Å². The number of esters is 1. The standard InChI is InChI=1S/C20H18ClF3N4O6S/c1-9-7-11(10(2)25-13-5-6-14(21)26-16(13)18(30)33-4)15-12(8-9)17(29)28(3)19(27-15)34-35(31,32)20(22,23)24/h5-8,10,25H,1-4H3/t10-/m1/s1. The lowest BCUT2D eigenvalue weighted by Crippen LogP contribution is -2.31. The number of ether oxygens (including phenoxy) is 1. The van der Waals surface area contributed by atoms with Crippen LogP contribution in [0.2, 0.25) is 5.15 Å². The minimum atomic E-state index is -6.08. The number of rotatable bonds is 6. The van der Waals surface area contributed by atoms with Crippen molar-refractivity contribution in [3.8, 4) is 6.01 Å². The van der Waals surface area contributed by atoms with Gasteiger partial charge in [0.05, 0.1) is 29.7 Å². The Bertz CT molecular complexity index is 1490. The largest absolute Gasteiger partial charge is 0.534 e. The SMILES string of the molecule is COC(=O)c1nc(Cl)ccc1N[C@H](C)c1cc(C)cc2c(=O)n(C)c(OS(=O)(=O)C(F)(F)F)nc12. The molecule has 0 bridgehead atoms. The van der Waals surface area contributed by atoms with Crippen molar-refractivity contribution in [3.63, 3.8) is 0 Å². The molecule has 0 aliphatic rings. The molecule has 0 aliphatic heterocycles. The highest BCUT2D eigenvalue weighted by Gasteiger charge is 2.49. The Kier molecular flexibility index (Phi) is 7.00. The van der Waals surface area contributed by atoms with Gasteiger partial charge in [-0.05, 0) is 37.6 Å². The summed E-state index contributed by atoms with van der Waals surface area (Å²) in [5.41, 5.74) is -5.67. The summed E-state index contributed by atoms with van der Waals surface area (Å²) in [5.74, 6) is -0.781. The molecule has 188 valence electrons. The summed E-state index contributed by atoms with van der Waals surface area (Å²) >= 11 is 5.87. The molecular weight excluding hydrogens is 517 g/mol. The van der Waals surface area contributed by atoms with Gasteiger partial charge in [-0.25, -0.2) is 9.78 Å². The second-order valence-electron chi connectivity index (χ2n) is 7.38. The zero-order valence-electron chi connectivity index (χ0n) is 18.6. The average molecular weight is 535 g/mol. The molecule has 1 atom stereocenters. The Hall–Kier alpha value is -3.39. The molecule has 2 aromatic heterocycles. The Morgan fingerprint density at radius 3 is 2.49 bits per heavy atom. The smallest absolute Gasteiger partial charge is 0.464 e. The third-order valence-electron chi connectivity index (χ3n) is 4.86. The number of pyridine rings is 1. The molecule has 3 rings (SSSR count). The molecule has 0 amide bonds. The summed E-state index contributed by atoms with van der Waals surface area (Å²) in [5, 5.41) is 3.04. The zero-order valence-corrected chi connectivity index (χ0v) is 20.2. The van der Waals surface area contributed by atoms with Crippen LogP contribution in [0.4, 0.5) is 18.9 Å². The lowest BCUT2D eigenvalue weighted by atomic mass is 10.0. The normalized spacial score (nSPS) is 12.9. The number of alkyl halides is 3. The van der Waals surface area contributed by atoms with E-state index in [-0.39, 0.29) is 27.4 Å². The van der Waals surface area contributed by atoms with Crippen LogP contribution in [0.3, 0.4) is 0 Å². The number of carbonyl (C=O) groups is 1. The molecule has 0 radical (unpaired) electrons. The zero-order chi connectivity index (χ0) is 26.3. The molecule has 10 nitrogen and oxygen atoms in total. The van der Waals surface area contributed by atoms with Crippen molar-refractivity contribution in [1.29, 1.82) is 0 Å². The lowest BCUT2D eigenvalue weighted by molar-refractivity contribution is -0.0503. The quantitative estimate of drug-likeness (QED) is 0.218. The first-order valence-corrected chi connectivity index (χ1v) is 11.5. The van der Waals surface area contributed by atoms with Crippen LogP contribution in [0.1, 0.15) is 34.6 Å². The predicted molar refractivity (Wildman–Crippen MR) is 120 cm³/mol. The van der Waals surface area contributed by atoms with E-state index in [0.717, 1.165) is 14.2 Å². The van der Waals surface area contributed by atoms with Gasteiger partial charge < -0.3 is 14.2 Å². The van der Waals surface area contributed by atoms with Crippen molar-refractivity contribution in [2.75, 3.05) is 12.4 Å². The van der Waals surface area contributed by atoms with Gasteiger partial charge in [0, 0.05) is 12.6 Å². The van der Waals surface area contributed by atoms with Crippen LogP contribution >= 0.6 is 11.6 Å². The molecule has 0 unspecified atom stereocenters. The van der Waals surface area contributed by atoms with E-state index in [9.17, 15) is 31.2 Å². The molecule has 0 saturated carbocycles. The highest BCUT2D eigenvalue weighted by Crippen LogP contribution is 2.30. The first-order chi connectivity index (χ1) is 16.2. The number of hydrogen-bond acceptors (Lipinski definition) is 9. The molecule has 3 aromatic rings. The van der Waals surface area contributed by atoms with E-state index in [4.69, 9.17) is 16.3 Å². The van der Waals surface area contributed by atoms with Gasteiger partial charge >= 0.3 is 27.6 Å². The number of nitrogens with zero attached hydrogens (tertiary/aromatic N) is 3. The number of aryl methyl sites for hydroxylation is 1. The van der Waals surface area contributed by atoms with Crippen molar-refractivity contribution in [1.82, 2.24) is 14.5 Å². The average Bonchev–Trinajstić information content (AvgIpc) is 2.77. The van der Waals surface area contributed by atoms with Crippen molar-refractivity contribution in [2.24, 2.45) is 7.05 Å². The first-order valence-electron chi connectivity index (χ1n) is 9.69. The third kappa shape index (κ3) is 5.17. The maximum Gasteiger partial charge on any atom is 0.534 e. The highest BCUT2D eigenvalue weighted by atomic mass is 35.5. The molecule has 1 aromatic carbocycles. The number of nitrogens with one attached hydrogen (secondary N) is 1. The van der Waals surface area contributed by atoms with Crippen molar-refractivity contribution in [2.45, 2.75) is 25.4 Å². The van der Waals surface area contributed by atoms with Crippen LogP contribution in [-0.2, 0) is 21.9 Å². The maximum absolute atomic E-state index is 12.9. The number of halogens is 4. The van der Waals surface area contributed by atoms with E-state index in [1.807, 2.05) is 0 Å². The molecule has 1 N–H and O–H groups in total. The van der Waals surface area contributed by atoms with E-state index in [0.29, 0.717) is 15.7 Å². The molecule has 0 saturated heterocycles. The maximum atomic E-state index is 12.9. The van der Waals surface area contributed by atoms with Gasteiger partial charge in [0.15, 0.2) is 5.69 Å². The number of aromatic nitrogens is 3. The summed E-state index contributed by atoms with van der Waals surface area (Å²) in [4.78, 5) is 32.8. The Balaban J connectivity index is 2.17. The number of carbonyl (C=O) groups excluding carboxylic acids is 1. The van der Waals surface area contributed by atoms with Gasteiger partial charge in [0.25, 0.3) is 5.56 Å². The molecule has 35 heavy (non-hydrogen) atoms. The van der Waals surface area contributed by atoms with Crippen LogP contribution in [-0.4, -0.2) is 41.5 Å². The van der Waals surface area contributed by atoms with Gasteiger partial charge in [0.2, 0.25) is 0 Å². The van der Waals surface area contributed by atoms with E-state index < -0.39 is 39.2 Å². The first kappa shape index (κ1) is 26.2. The molecule has 0 fully saturated rings. The van der Waals surface area contributed by atoms with E-state index in [1.54, 1.807) is 19.9 Å². The molecule has 15 heteroatoms. The lowest BCUT2D eigenvalue weighted by Gasteiger charge is -2.20. The van der Waals surface area contributed by atoms with Gasteiger partial charge in [-0.15, -0.1) is 0 Å². The summed E-state index contributed by atoms with van der Waals surface area (Å²) in [6.45, 7) is 3.30. The van der Waals surface area contributed by atoms with Gasteiger partial charge in [0.1, 0.15) is 5.15 Å². The number of fused-ring (bicyclic) bond motifs is 1. The fraction of sp³-hybridized carbons (Fsp3) is 0.300. The van der Waals surface area contributed by atoms with Gasteiger partial charge in [-0.3, -0.25) is 9.36 Å². The Morgan fingerprint density at radius 2 is 1.89 bits per heavy atom. The van der Waals surface area contributed by atoms with Crippen LogP contribution in [0.5, 0.6) is 6.01 Å². The number of hydrogen-bond donors (Lipinski definition) is 1. The summed E-state index contributed by atoms with van der Waals surface area (Å²) in [7, 11) is -3.90. The highest BCUT2D eigenvalue weighted by molar-refractivity contribution is 7.87. The topological polar surface area (TPSA) is 129 Å². The Morgan fingerprint density at radius 1 is 1.23 bits per heavy atom. The van der Waals surface area contributed by atoms with Crippen molar-refractivity contribution >= 4 is 44.3 Å². The van der Waals surface area contributed by atoms with E-state index in [1.165, 1.54) is 18.2 Å². The second kappa shape index (κ2) is 9.34. The van der Waals surface area contributed by atoms with Crippen molar-refractivity contribution in [3.05, 3.63) is 56.6 Å². The van der Waals surface area contributed by atoms with E-state index in [2.05, 4.69) is 19.5 Å². The van der Waals surface area contributed by atoms with Crippen LogP contribution in [0, 0.1) is 6.92 Å². The third-order valence-corrected chi connectivity index (χ3v) is 6.01.